The van der Waals surface area contributed by atoms with Crippen molar-refractivity contribution in [2.75, 3.05) is 0 Å². The zero-order chi connectivity index (χ0) is 5.61. The van der Waals surface area contributed by atoms with Gasteiger partial charge in [-0.15, -0.1) is 0 Å². The van der Waals surface area contributed by atoms with E-state index in [9.17, 15) is 0 Å². The van der Waals surface area contributed by atoms with E-state index in [4.69, 9.17) is 4.74 Å². The molecule has 0 spiro atoms. The Labute approximate surface area is 49.3 Å². The van der Waals surface area contributed by atoms with Gasteiger partial charge < -0.3 is 4.74 Å². The van der Waals surface area contributed by atoms with Gasteiger partial charge in [-0.25, -0.2) is 0 Å². The van der Waals surface area contributed by atoms with Crippen LogP contribution in [0.2, 0.25) is 0 Å². The predicted octanol–water partition coefficient (Wildman–Crippen LogP) is 1.84. The Morgan fingerprint density at radius 1 is 1.75 bits per heavy atom. The van der Waals surface area contributed by atoms with Gasteiger partial charge in [0.2, 0.25) is 0 Å². The molecule has 8 heavy (non-hydrogen) atoms. The number of epoxide rings is 1. The summed E-state index contributed by atoms with van der Waals surface area (Å²) >= 11 is 0. The highest BCUT2D eigenvalue weighted by Gasteiger charge is 2.48. The molecule has 0 amide bonds. The van der Waals surface area contributed by atoms with Crippen molar-refractivity contribution in [3.63, 3.8) is 0 Å². The Balaban J connectivity index is 2.26. The largest absolute Gasteiger partial charge is 0.480 e. The van der Waals surface area contributed by atoms with Crippen LogP contribution in [0.4, 0.5) is 0 Å². The van der Waals surface area contributed by atoms with Crippen LogP contribution in [-0.4, -0.2) is 5.60 Å². The van der Waals surface area contributed by atoms with Crippen molar-refractivity contribution in [1.29, 1.82) is 0 Å². The molecule has 44 valence electrons. The van der Waals surface area contributed by atoms with Crippen molar-refractivity contribution in [2.45, 2.75) is 31.8 Å². The van der Waals surface area contributed by atoms with Crippen molar-refractivity contribution in [2.24, 2.45) is 0 Å². The molecule has 1 saturated heterocycles. The highest BCUT2D eigenvalue weighted by atomic mass is 16.6. The second kappa shape index (κ2) is 1.09. The zero-order valence-corrected chi connectivity index (χ0v) is 5.11. The molecule has 1 atom stereocenters. The SMILES string of the molecule is CC12CCCC=C1O2. The van der Waals surface area contributed by atoms with E-state index in [0.717, 1.165) is 0 Å². The van der Waals surface area contributed by atoms with E-state index < -0.39 is 0 Å². The van der Waals surface area contributed by atoms with Crippen molar-refractivity contribution < 1.29 is 4.74 Å². The number of ether oxygens (including phenoxy) is 1. The van der Waals surface area contributed by atoms with Gasteiger partial charge in [0.15, 0.2) is 5.60 Å². The minimum absolute atomic E-state index is 0.207. The van der Waals surface area contributed by atoms with Gasteiger partial charge in [-0.3, -0.25) is 0 Å². The van der Waals surface area contributed by atoms with Gasteiger partial charge in [-0.05, 0) is 32.3 Å². The fraction of sp³-hybridized carbons (Fsp3) is 0.714. The monoisotopic (exact) mass is 110 g/mol. The van der Waals surface area contributed by atoms with Crippen LogP contribution in [0.5, 0.6) is 0 Å². The third-order valence-corrected chi connectivity index (χ3v) is 2.00. The molecule has 0 bridgehead atoms. The molecule has 1 unspecified atom stereocenters. The highest BCUT2D eigenvalue weighted by Crippen LogP contribution is 2.47. The van der Waals surface area contributed by atoms with E-state index in [1.54, 1.807) is 0 Å². The molecule has 1 nitrogen and oxygen atoms in total. The van der Waals surface area contributed by atoms with Crippen LogP contribution in [0.1, 0.15) is 26.2 Å². The first-order valence-corrected chi connectivity index (χ1v) is 3.21. The van der Waals surface area contributed by atoms with E-state index in [2.05, 4.69) is 13.0 Å². The maximum atomic E-state index is 5.33. The minimum Gasteiger partial charge on any atom is -0.480 e. The van der Waals surface area contributed by atoms with Crippen molar-refractivity contribution >= 4 is 0 Å². The standard InChI is InChI=1S/C7H10O/c1-7-5-3-2-4-6(7)8-7/h4H,2-3,5H2,1H3. The molecule has 0 aromatic carbocycles. The first kappa shape index (κ1) is 4.42. The number of allylic oxidation sites excluding steroid dienone is 1. The molecule has 0 aromatic rings. The third kappa shape index (κ3) is 0.417. The van der Waals surface area contributed by atoms with Crippen LogP contribution in [0, 0.1) is 0 Å². The lowest BCUT2D eigenvalue weighted by molar-refractivity contribution is 0.314. The average Bonchev–Trinajstić information content (AvgIpc) is 2.39. The lowest BCUT2D eigenvalue weighted by atomic mass is 9.98. The molecule has 1 aliphatic carbocycles. The Morgan fingerprint density at radius 2 is 2.62 bits per heavy atom. The van der Waals surface area contributed by atoms with Crippen LogP contribution >= 0.6 is 0 Å². The zero-order valence-electron chi connectivity index (χ0n) is 5.11. The van der Waals surface area contributed by atoms with Crippen molar-refractivity contribution in [1.82, 2.24) is 0 Å². The van der Waals surface area contributed by atoms with Crippen LogP contribution in [0.3, 0.4) is 0 Å². The number of hydrogen-bond acceptors (Lipinski definition) is 1. The molecule has 0 saturated carbocycles. The third-order valence-electron chi connectivity index (χ3n) is 2.00. The Morgan fingerprint density at radius 3 is 3.12 bits per heavy atom. The molecule has 0 radical (unpaired) electrons. The second-order valence-electron chi connectivity index (χ2n) is 2.79. The van der Waals surface area contributed by atoms with Gasteiger partial charge in [-0.2, -0.15) is 0 Å². The van der Waals surface area contributed by atoms with E-state index in [0.29, 0.717) is 0 Å². The van der Waals surface area contributed by atoms with Crippen LogP contribution in [0.25, 0.3) is 0 Å². The summed E-state index contributed by atoms with van der Waals surface area (Å²) in [4.78, 5) is 0. The lowest BCUT2D eigenvalue weighted by Gasteiger charge is -2.02. The smallest absolute Gasteiger partial charge is 0.162 e. The van der Waals surface area contributed by atoms with Gasteiger partial charge in [0.1, 0.15) is 5.76 Å². The summed E-state index contributed by atoms with van der Waals surface area (Å²) in [6.45, 7) is 2.16. The maximum Gasteiger partial charge on any atom is 0.162 e. The topological polar surface area (TPSA) is 12.5 Å². The molecule has 0 aromatic heterocycles. The second-order valence-corrected chi connectivity index (χ2v) is 2.79. The van der Waals surface area contributed by atoms with Crippen LogP contribution in [0.15, 0.2) is 11.8 Å². The first-order valence-electron chi connectivity index (χ1n) is 3.21. The summed E-state index contributed by atoms with van der Waals surface area (Å²) in [5, 5.41) is 0. The maximum absolute atomic E-state index is 5.33. The highest BCUT2D eigenvalue weighted by molar-refractivity contribution is 5.25. The minimum atomic E-state index is 0.207. The van der Waals surface area contributed by atoms with Gasteiger partial charge in [0, 0.05) is 0 Å². The Bertz CT molecular complexity index is 148. The molecular formula is C7H10O. The van der Waals surface area contributed by atoms with E-state index in [-0.39, 0.29) is 5.60 Å². The fourth-order valence-corrected chi connectivity index (χ4v) is 1.32. The van der Waals surface area contributed by atoms with Crippen LogP contribution < -0.4 is 0 Å². The normalized spacial score (nSPS) is 41.9. The first-order chi connectivity index (χ1) is 3.81. The Hall–Kier alpha value is -0.460. The predicted molar refractivity (Wildman–Crippen MR) is 31.4 cm³/mol. The molecule has 1 aliphatic heterocycles. The molecule has 1 heteroatoms. The number of rotatable bonds is 0. The molecule has 0 N–H and O–H groups in total. The van der Waals surface area contributed by atoms with Gasteiger partial charge in [0.05, 0.1) is 0 Å². The van der Waals surface area contributed by atoms with Gasteiger partial charge >= 0.3 is 0 Å². The summed E-state index contributed by atoms with van der Waals surface area (Å²) in [6, 6.07) is 0. The average molecular weight is 110 g/mol. The molecular weight excluding hydrogens is 100 g/mol. The van der Waals surface area contributed by atoms with Gasteiger partial charge in [-0.1, -0.05) is 0 Å². The quantitative estimate of drug-likeness (QED) is 0.433. The molecule has 1 fully saturated rings. The summed E-state index contributed by atoms with van der Waals surface area (Å²) in [5.74, 6) is 1.24. The lowest BCUT2D eigenvalue weighted by Crippen LogP contribution is -2.04. The van der Waals surface area contributed by atoms with Crippen molar-refractivity contribution in [3.05, 3.63) is 11.8 Å². The molecule has 2 aliphatic rings. The Kier molecular flexibility index (Phi) is 0.605. The summed E-state index contributed by atoms with van der Waals surface area (Å²) in [7, 11) is 0. The summed E-state index contributed by atoms with van der Waals surface area (Å²) in [5.41, 5.74) is 0.207. The summed E-state index contributed by atoms with van der Waals surface area (Å²) in [6.07, 6.45) is 5.98. The number of fused-ring (bicyclic) bond motifs is 1. The van der Waals surface area contributed by atoms with E-state index in [1.165, 1.54) is 25.0 Å². The van der Waals surface area contributed by atoms with Gasteiger partial charge in [0.25, 0.3) is 0 Å². The molecule has 1 heterocycles. The fourth-order valence-electron chi connectivity index (χ4n) is 1.32. The number of hydrogen-bond donors (Lipinski definition) is 0. The van der Waals surface area contributed by atoms with E-state index in [1.807, 2.05) is 0 Å². The van der Waals surface area contributed by atoms with Crippen molar-refractivity contribution in [3.8, 4) is 0 Å². The molecule has 2 rings (SSSR count). The summed E-state index contributed by atoms with van der Waals surface area (Å²) < 4.78 is 5.33. The van der Waals surface area contributed by atoms with Crippen LogP contribution in [-0.2, 0) is 4.74 Å². The van der Waals surface area contributed by atoms with E-state index >= 15 is 0 Å².